The van der Waals surface area contributed by atoms with Crippen molar-refractivity contribution in [2.45, 2.75) is 44.9 Å². The molecule has 0 saturated carbocycles. The number of aromatic nitrogens is 4. The van der Waals surface area contributed by atoms with Gasteiger partial charge in [0.2, 0.25) is 0 Å². The third-order valence-electron chi connectivity index (χ3n) is 7.12. The molecular weight excluding hydrogens is 464 g/mol. The minimum atomic E-state index is -0.105. The number of benzene rings is 1. The number of nitrogens with zero attached hydrogens (tertiary/aromatic N) is 5. The lowest BCUT2D eigenvalue weighted by atomic mass is 9.96. The van der Waals surface area contributed by atoms with E-state index in [0.29, 0.717) is 41.8 Å². The maximum atomic E-state index is 13.6. The SMILES string of the molecule is Cn1cc(C(=O)NCC2CCN(C(=O)c3nn(-c4ccc(Cl)cc4)c4c3CCCCC4)CC2)cn1. The molecule has 2 amide bonds. The smallest absolute Gasteiger partial charge is 0.274 e. The zero-order chi connectivity index (χ0) is 24.4. The Morgan fingerprint density at radius 1 is 1.09 bits per heavy atom. The average molecular weight is 495 g/mol. The minimum absolute atomic E-state index is 0.0220. The van der Waals surface area contributed by atoms with Gasteiger partial charge in [-0.05, 0) is 68.7 Å². The molecule has 0 radical (unpaired) electrons. The number of aryl methyl sites for hydroxylation is 1. The Kier molecular flexibility index (Phi) is 6.90. The van der Waals surface area contributed by atoms with Crippen LogP contribution in [0.15, 0.2) is 36.7 Å². The summed E-state index contributed by atoms with van der Waals surface area (Å²) in [5.41, 5.74) is 4.36. The van der Waals surface area contributed by atoms with Gasteiger partial charge in [0, 0.05) is 49.2 Å². The topological polar surface area (TPSA) is 85.0 Å². The maximum Gasteiger partial charge on any atom is 0.274 e. The predicted octanol–water partition coefficient (Wildman–Crippen LogP) is 3.81. The number of hydrogen-bond donors (Lipinski definition) is 1. The Morgan fingerprint density at radius 3 is 2.54 bits per heavy atom. The number of rotatable bonds is 5. The molecule has 3 heterocycles. The fourth-order valence-corrected chi connectivity index (χ4v) is 5.24. The summed E-state index contributed by atoms with van der Waals surface area (Å²) in [5.74, 6) is 0.268. The van der Waals surface area contributed by atoms with Gasteiger partial charge in [-0.1, -0.05) is 18.0 Å². The molecule has 35 heavy (non-hydrogen) atoms. The zero-order valence-corrected chi connectivity index (χ0v) is 20.8. The Hall–Kier alpha value is -3.13. The van der Waals surface area contributed by atoms with Gasteiger partial charge >= 0.3 is 0 Å². The third-order valence-corrected chi connectivity index (χ3v) is 7.38. The Morgan fingerprint density at radius 2 is 1.83 bits per heavy atom. The molecule has 2 aliphatic rings. The van der Waals surface area contributed by atoms with Crippen molar-refractivity contribution in [3.8, 4) is 5.69 Å². The van der Waals surface area contributed by atoms with Crippen LogP contribution in [0.5, 0.6) is 0 Å². The second-order valence-electron chi connectivity index (χ2n) is 9.57. The van der Waals surface area contributed by atoms with Gasteiger partial charge in [0.1, 0.15) is 0 Å². The highest BCUT2D eigenvalue weighted by atomic mass is 35.5. The summed E-state index contributed by atoms with van der Waals surface area (Å²) in [6.07, 6.45) is 10.2. The third kappa shape index (κ3) is 5.12. The van der Waals surface area contributed by atoms with Crippen molar-refractivity contribution in [1.29, 1.82) is 0 Å². The summed E-state index contributed by atoms with van der Waals surface area (Å²) in [7, 11) is 1.79. The highest BCUT2D eigenvalue weighted by molar-refractivity contribution is 6.30. The second kappa shape index (κ2) is 10.2. The predicted molar refractivity (Wildman–Crippen MR) is 134 cm³/mol. The van der Waals surface area contributed by atoms with Crippen molar-refractivity contribution in [2.75, 3.05) is 19.6 Å². The first kappa shape index (κ1) is 23.6. The van der Waals surface area contributed by atoms with Crippen LogP contribution in [0.3, 0.4) is 0 Å². The Bertz CT molecular complexity index is 1210. The quantitative estimate of drug-likeness (QED) is 0.546. The van der Waals surface area contributed by atoms with Gasteiger partial charge in [-0.15, -0.1) is 0 Å². The fourth-order valence-electron chi connectivity index (χ4n) is 5.11. The van der Waals surface area contributed by atoms with E-state index in [0.717, 1.165) is 55.5 Å². The number of fused-ring (bicyclic) bond motifs is 1. The van der Waals surface area contributed by atoms with Crippen LogP contribution in [-0.4, -0.2) is 55.9 Å². The molecule has 184 valence electrons. The number of piperidine rings is 1. The molecule has 1 aromatic carbocycles. The first-order valence-corrected chi connectivity index (χ1v) is 12.8. The first-order valence-electron chi connectivity index (χ1n) is 12.4. The molecule has 8 nitrogen and oxygen atoms in total. The van der Waals surface area contributed by atoms with Crippen molar-refractivity contribution in [3.63, 3.8) is 0 Å². The molecular formula is C26H31ClN6O2. The Balaban J connectivity index is 1.26. The molecule has 1 aliphatic carbocycles. The van der Waals surface area contributed by atoms with E-state index in [2.05, 4.69) is 10.4 Å². The lowest BCUT2D eigenvalue weighted by molar-refractivity contribution is 0.0677. The highest BCUT2D eigenvalue weighted by Crippen LogP contribution is 2.29. The van der Waals surface area contributed by atoms with Crippen LogP contribution in [0, 0.1) is 5.92 Å². The zero-order valence-electron chi connectivity index (χ0n) is 20.0. The van der Waals surface area contributed by atoms with E-state index in [1.165, 1.54) is 6.42 Å². The molecule has 0 unspecified atom stereocenters. The average Bonchev–Trinajstić information content (AvgIpc) is 3.38. The molecule has 1 saturated heterocycles. The summed E-state index contributed by atoms with van der Waals surface area (Å²) in [5, 5.41) is 12.6. The van der Waals surface area contributed by atoms with E-state index in [1.54, 1.807) is 24.1 Å². The van der Waals surface area contributed by atoms with E-state index in [-0.39, 0.29) is 11.8 Å². The summed E-state index contributed by atoms with van der Waals surface area (Å²) in [4.78, 5) is 27.8. The molecule has 0 bridgehead atoms. The first-order chi connectivity index (χ1) is 17.0. The fraction of sp³-hybridized carbons (Fsp3) is 0.462. The monoisotopic (exact) mass is 494 g/mol. The van der Waals surface area contributed by atoms with Crippen LogP contribution in [-0.2, 0) is 19.9 Å². The van der Waals surface area contributed by atoms with Crippen molar-refractivity contribution < 1.29 is 9.59 Å². The lowest BCUT2D eigenvalue weighted by Gasteiger charge is -2.31. The Labute approximate surface area is 210 Å². The van der Waals surface area contributed by atoms with Crippen molar-refractivity contribution in [2.24, 2.45) is 13.0 Å². The van der Waals surface area contributed by atoms with E-state index in [1.807, 2.05) is 33.8 Å². The summed E-state index contributed by atoms with van der Waals surface area (Å²) >= 11 is 6.09. The molecule has 0 spiro atoms. The number of carbonyl (C=O) groups excluding carboxylic acids is 2. The number of nitrogens with one attached hydrogen (secondary N) is 1. The van der Waals surface area contributed by atoms with Gasteiger partial charge in [0.25, 0.3) is 11.8 Å². The summed E-state index contributed by atoms with van der Waals surface area (Å²) < 4.78 is 3.57. The number of likely N-dealkylation sites (tertiary alicyclic amines) is 1. The van der Waals surface area contributed by atoms with E-state index in [4.69, 9.17) is 16.7 Å². The molecule has 5 rings (SSSR count). The van der Waals surface area contributed by atoms with Crippen LogP contribution in [0.4, 0.5) is 0 Å². The van der Waals surface area contributed by atoms with Gasteiger partial charge in [-0.25, -0.2) is 4.68 Å². The number of hydrogen-bond acceptors (Lipinski definition) is 4. The van der Waals surface area contributed by atoms with Crippen LogP contribution in [0.2, 0.25) is 5.02 Å². The van der Waals surface area contributed by atoms with Gasteiger partial charge in [-0.2, -0.15) is 10.2 Å². The van der Waals surface area contributed by atoms with Crippen molar-refractivity contribution >= 4 is 23.4 Å². The van der Waals surface area contributed by atoms with Crippen LogP contribution >= 0.6 is 11.6 Å². The van der Waals surface area contributed by atoms with E-state index in [9.17, 15) is 9.59 Å². The van der Waals surface area contributed by atoms with Gasteiger partial charge in [0.15, 0.2) is 5.69 Å². The van der Waals surface area contributed by atoms with Gasteiger partial charge in [-0.3, -0.25) is 14.3 Å². The number of halogens is 1. The van der Waals surface area contributed by atoms with E-state index >= 15 is 0 Å². The highest BCUT2D eigenvalue weighted by Gasteiger charge is 2.30. The van der Waals surface area contributed by atoms with Crippen LogP contribution in [0.25, 0.3) is 5.69 Å². The standard InChI is InChI=1S/C26H31ClN6O2/c1-31-17-19(16-29-31)25(34)28-15-18-11-13-32(14-12-18)26(35)24-22-5-3-2-4-6-23(22)33(30-24)21-9-7-20(27)8-10-21/h7-10,16-18H,2-6,11-15H2,1H3,(H,28,34). The number of amides is 2. The van der Waals surface area contributed by atoms with Gasteiger partial charge in [0.05, 0.1) is 17.4 Å². The molecule has 2 aromatic heterocycles. The molecule has 3 aromatic rings. The molecule has 0 atom stereocenters. The summed E-state index contributed by atoms with van der Waals surface area (Å²) in [6.45, 7) is 1.96. The lowest BCUT2D eigenvalue weighted by Crippen LogP contribution is -2.42. The number of carbonyl (C=O) groups is 2. The second-order valence-corrected chi connectivity index (χ2v) is 10.0. The van der Waals surface area contributed by atoms with E-state index < -0.39 is 0 Å². The maximum absolute atomic E-state index is 13.6. The van der Waals surface area contributed by atoms with Crippen LogP contribution in [0.1, 0.15) is 64.2 Å². The normalized spacial score (nSPS) is 16.6. The minimum Gasteiger partial charge on any atom is -0.352 e. The molecule has 1 fully saturated rings. The van der Waals surface area contributed by atoms with Crippen LogP contribution < -0.4 is 5.32 Å². The molecule has 1 aliphatic heterocycles. The van der Waals surface area contributed by atoms with Crippen molar-refractivity contribution in [1.82, 2.24) is 29.8 Å². The summed E-state index contributed by atoms with van der Waals surface area (Å²) in [6, 6.07) is 7.64. The van der Waals surface area contributed by atoms with Gasteiger partial charge < -0.3 is 10.2 Å². The van der Waals surface area contributed by atoms with Crippen molar-refractivity contribution in [3.05, 3.63) is 64.2 Å². The molecule has 9 heteroatoms. The molecule has 1 N–H and O–H groups in total. The largest absolute Gasteiger partial charge is 0.352 e.